The minimum absolute atomic E-state index is 0. The topological polar surface area (TPSA) is 47.6 Å². The normalized spacial score (nSPS) is 20.8. The van der Waals surface area contributed by atoms with E-state index in [2.05, 4.69) is 34.3 Å². The maximum absolute atomic E-state index is 12.6. The third kappa shape index (κ3) is 7.87. The Hall–Kier alpha value is -0.0700. The third-order valence-corrected chi connectivity index (χ3v) is 4.84. The van der Waals surface area contributed by atoms with E-state index in [1.54, 1.807) is 0 Å². The van der Waals surface area contributed by atoms with Gasteiger partial charge in [0.2, 0.25) is 5.91 Å². The molecule has 1 unspecified atom stereocenters. The molecule has 0 aliphatic carbocycles. The van der Waals surface area contributed by atoms with Gasteiger partial charge in [0.25, 0.3) is 0 Å². The van der Waals surface area contributed by atoms with E-state index in [1.165, 1.54) is 19.3 Å². The fraction of sp³-hybridized carbons (Fsp3) is 0.941. The molecule has 2 heterocycles. The minimum atomic E-state index is 0. The average Bonchev–Trinajstić information content (AvgIpc) is 2.53. The van der Waals surface area contributed by atoms with E-state index in [4.69, 9.17) is 0 Å². The van der Waals surface area contributed by atoms with Crippen molar-refractivity contribution >= 4 is 30.7 Å². The predicted octanol–water partition coefficient (Wildman–Crippen LogP) is 1.75. The SMILES string of the molecule is CC(C)C(C(=O)NCCCN1CCNCC1)N1CCCCC1.Cl.Cl. The number of hydrogen-bond acceptors (Lipinski definition) is 4. The highest BCUT2D eigenvalue weighted by atomic mass is 35.5. The molecule has 2 aliphatic heterocycles. The van der Waals surface area contributed by atoms with Crippen LogP contribution < -0.4 is 10.6 Å². The zero-order chi connectivity index (χ0) is 15.8. The monoisotopic (exact) mass is 382 g/mol. The lowest BCUT2D eigenvalue weighted by atomic mass is 9.98. The van der Waals surface area contributed by atoms with Crippen LogP contribution in [0.1, 0.15) is 39.5 Å². The Balaban J connectivity index is 0.00000264. The molecule has 144 valence electrons. The zero-order valence-electron chi connectivity index (χ0n) is 15.3. The van der Waals surface area contributed by atoms with Crippen LogP contribution in [0.15, 0.2) is 0 Å². The molecular formula is C17H36Cl2N4O. The molecule has 0 spiro atoms. The van der Waals surface area contributed by atoms with Gasteiger partial charge in [0, 0.05) is 32.7 Å². The van der Waals surface area contributed by atoms with Crippen molar-refractivity contribution in [2.24, 2.45) is 5.92 Å². The molecular weight excluding hydrogens is 347 g/mol. The molecule has 2 rings (SSSR count). The molecule has 7 heteroatoms. The quantitative estimate of drug-likeness (QED) is 0.658. The molecule has 24 heavy (non-hydrogen) atoms. The molecule has 0 saturated carbocycles. The van der Waals surface area contributed by atoms with E-state index in [0.29, 0.717) is 5.92 Å². The number of likely N-dealkylation sites (tertiary alicyclic amines) is 1. The Morgan fingerprint density at radius 3 is 2.25 bits per heavy atom. The number of amides is 1. The molecule has 5 nitrogen and oxygen atoms in total. The molecule has 2 aliphatic rings. The number of carbonyl (C=O) groups excluding carboxylic acids is 1. The summed E-state index contributed by atoms with van der Waals surface area (Å²) in [5.74, 6) is 0.614. The van der Waals surface area contributed by atoms with E-state index in [9.17, 15) is 4.79 Å². The summed E-state index contributed by atoms with van der Waals surface area (Å²) in [6, 6.07) is 0.0551. The predicted molar refractivity (Wildman–Crippen MR) is 105 cm³/mol. The highest BCUT2D eigenvalue weighted by Gasteiger charge is 2.29. The van der Waals surface area contributed by atoms with Gasteiger partial charge < -0.3 is 15.5 Å². The van der Waals surface area contributed by atoms with Crippen LogP contribution in [0.4, 0.5) is 0 Å². The van der Waals surface area contributed by atoms with Gasteiger partial charge in [-0.3, -0.25) is 9.69 Å². The van der Waals surface area contributed by atoms with Crippen LogP contribution >= 0.6 is 24.8 Å². The summed E-state index contributed by atoms with van der Waals surface area (Å²) in [7, 11) is 0. The Labute approximate surface area is 160 Å². The Bertz CT molecular complexity index is 333. The van der Waals surface area contributed by atoms with Crippen molar-refractivity contribution in [2.45, 2.75) is 45.6 Å². The Kier molecular flexibility index (Phi) is 13.1. The number of hydrogen-bond donors (Lipinski definition) is 2. The summed E-state index contributed by atoms with van der Waals surface area (Å²) in [6.45, 7) is 12.9. The second-order valence-corrected chi connectivity index (χ2v) is 7.02. The summed E-state index contributed by atoms with van der Waals surface area (Å²) in [4.78, 5) is 17.4. The van der Waals surface area contributed by atoms with Crippen molar-refractivity contribution < 1.29 is 4.79 Å². The first-order valence-electron chi connectivity index (χ1n) is 9.13. The van der Waals surface area contributed by atoms with Gasteiger partial charge in [0.15, 0.2) is 0 Å². The average molecular weight is 383 g/mol. The van der Waals surface area contributed by atoms with Gasteiger partial charge in [0.05, 0.1) is 6.04 Å². The van der Waals surface area contributed by atoms with E-state index in [1.807, 2.05) is 0 Å². The van der Waals surface area contributed by atoms with Crippen LogP contribution in [0.25, 0.3) is 0 Å². The fourth-order valence-electron chi connectivity index (χ4n) is 3.64. The largest absolute Gasteiger partial charge is 0.355 e. The van der Waals surface area contributed by atoms with Crippen molar-refractivity contribution in [3.63, 3.8) is 0 Å². The van der Waals surface area contributed by atoms with Gasteiger partial charge in [0.1, 0.15) is 0 Å². The van der Waals surface area contributed by atoms with Crippen molar-refractivity contribution in [1.29, 1.82) is 0 Å². The van der Waals surface area contributed by atoms with Crippen molar-refractivity contribution in [3.8, 4) is 0 Å². The second-order valence-electron chi connectivity index (χ2n) is 7.02. The van der Waals surface area contributed by atoms with Crippen LogP contribution in [-0.2, 0) is 4.79 Å². The van der Waals surface area contributed by atoms with Crippen LogP contribution in [0.2, 0.25) is 0 Å². The van der Waals surface area contributed by atoms with Crippen LogP contribution in [-0.4, -0.2) is 74.1 Å². The molecule has 1 amide bonds. The second kappa shape index (κ2) is 13.2. The highest BCUT2D eigenvalue weighted by molar-refractivity contribution is 5.85. The summed E-state index contributed by atoms with van der Waals surface area (Å²) in [5.41, 5.74) is 0. The lowest BCUT2D eigenvalue weighted by Crippen LogP contribution is -2.52. The molecule has 0 radical (unpaired) electrons. The van der Waals surface area contributed by atoms with E-state index >= 15 is 0 Å². The summed E-state index contributed by atoms with van der Waals surface area (Å²) in [5, 5.41) is 6.55. The van der Waals surface area contributed by atoms with E-state index < -0.39 is 0 Å². The molecule has 2 fully saturated rings. The lowest BCUT2D eigenvalue weighted by Gasteiger charge is -2.36. The van der Waals surface area contributed by atoms with Crippen LogP contribution in [0, 0.1) is 5.92 Å². The van der Waals surface area contributed by atoms with Crippen molar-refractivity contribution in [1.82, 2.24) is 20.4 Å². The highest BCUT2D eigenvalue weighted by Crippen LogP contribution is 2.17. The summed E-state index contributed by atoms with van der Waals surface area (Å²) < 4.78 is 0. The fourth-order valence-corrected chi connectivity index (χ4v) is 3.64. The van der Waals surface area contributed by atoms with Gasteiger partial charge in [-0.2, -0.15) is 0 Å². The first-order valence-corrected chi connectivity index (χ1v) is 9.13. The minimum Gasteiger partial charge on any atom is -0.355 e. The summed E-state index contributed by atoms with van der Waals surface area (Å²) in [6.07, 6.45) is 4.84. The van der Waals surface area contributed by atoms with Gasteiger partial charge >= 0.3 is 0 Å². The number of nitrogens with one attached hydrogen (secondary N) is 2. The number of rotatable bonds is 7. The molecule has 0 aromatic rings. The van der Waals surface area contributed by atoms with Crippen LogP contribution in [0.3, 0.4) is 0 Å². The van der Waals surface area contributed by atoms with Crippen molar-refractivity contribution in [3.05, 3.63) is 0 Å². The van der Waals surface area contributed by atoms with Crippen molar-refractivity contribution in [2.75, 3.05) is 52.4 Å². The van der Waals surface area contributed by atoms with Gasteiger partial charge in [-0.15, -0.1) is 24.8 Å². The molecule has 0 aromatic carbocycles. The number of nitrogens with zero attached hydrogens (tertiary/aromatic N) is 2. The molecule has 2 saturated heterocycles. The Morgan fingerprint density at radius 2 is 1.67 bits per heavy atom. The van der Waals surface area contributed by atoms with Gasteiger partial charge in [-0.05, 0) is 44.8 Å². The number of piperidine rings is 1. The third-order valence-electron chi connectivity index (χ3n) is 4.84. The molecule has 1 atom stereocenters. The van der Waals surface area contributed by atoms with E-state index in [-0.39, 0.29) is 36.8 Å². The molecule has 0 aromatic heterocycles. The number of piperazine rings is 1. The lowest BCUT2D eigenvalue weighted by molar-refractivity contribution is -0.128. The Morgan fingerprint density at radius 1 is 1.04 bits per heavy atom. The summed E-state index contributed by atoms with van der Waals surface area (Å²) >= 11 is 0. The van der Waals surface area contributed by atoms with E-state index in [0.717, 1.165) is 58.8 Å². The zero-order valence-corrected chi connectivity index (χ0v) is 16.9. The smallest absolute Gasteiger partial charge is 0.237 e. The maximum atomic E-state index is 12.6. The first kappa shape index (κ1) is 23.9. The number of halogens is 2. The van der Waals surface area contributed by atoms with Crippen LogP contribution in [0.5, 0.6) is 0 Å². The molecule has 2 N–H and O–H groups in total. The number of carbonyl (C=O) groups is 1. The first-order chi connectivity index (χ1) is 10.7. The van der Waals surface area contributed by atoms with Gasteiger partial charge in [-0.1, -0.05) is 20.3 Å². The molecule has 0 bridgehead atoms. The standard InChI is InChI=1S/C17H34N4O.2ClH/c1-15(2)16(21-11-4-3-5-12-21)17(22)19-7-6-10-20-13-8-18-9-14-20;;/h15-16,18H,3-14H2,1-2H3,(H,19,22);2*1H. The maximum Gasteiger partial charge on any atom is 0.237 e. The van der Waals surface area contributed by atoms with Gasteiger partial charge in [-0.25, -0.2) is 0 Å².